The zero-order chi connectivity index (χ0) is 21.6. The highest BCUT2D eigenvalue weighted by Gasteiger charge is 2.28. The molecule has 2 heterocycles. The number of amides is 3. The van der Waals surface area contributed by atoms with Gasteiger partial charge in [-0.15, -0.1) is 11.8 Å². The van der Waals surface area contributed by atoms with Crippen LogP contribution in [0.5, 0.6) is 0 Å². The number of hydrogen-bond acceptors (Lipinski definition) is 4. The van der Waals surface area contributed by atoms with Crippen LogP contribution in [0, 0.1) is 0 Å². The molecule has 0 aromatic heterocycles. The maximum absolute atomic E-state index is 12.8. The van der Waals surface area contributed by atoms with Crippen molar-refractivity contribution >= 4 is 35.2 Å². The molecule has 2 aliphatic heterocycles. The van der Waals surface area contributed by atoms with Gasteiger partial charge in [-0.25, -0.2) is 0 Å². The summed E-state index contributed by atoms with van der Waals surface area (Å²) in [5, 5.41) is 2.92. The van der Waals surface area contributed by atoms with Gasteiger partial charge in [0.05, 0.1) is 11.4 Å². The van der Waals surface area contributed by atoms with E-state index in [4.69, 9.17) is 0 Å². The van der Waals surface area contributed by atoms with Crippen molar-refractivity contribution in [2.75, 3.05) is 36.8 Å². The number of carbonyl (C=O) groups is 3. The number of rotatable bonds is 7. The average Bonchev–Trinajstić information content (AvgIpc) is 3.33. The largest absolute Gasteiger partial charge is 0.355 e. The predicted molar refractivity (Wildman–Crippen MR) is 122 cm³/mol. The first-order chi connectivity index (χ1) is 15.1. The molecule has 0 saturated carbocycles. The van der Waals surface area contributed by atoms with E-state index in [-0.39, 0.29) is 24.3 Å². The first kappa shape index (κ1) is 21.4. The number of carbonyl (C=O) groups excluding carboxylic acids is 3. The molecule has 0 aliphatic carbocycles. The molecule has 31 heavy (non-hydrogen) atoms. The fraction of sp³-hybridized carbons (Fsp3) is 0.375. The number of likely N-dealkylation sites (tertiary alicyclic amines) is 1. The van der Waals surface area contributed by atoms with Gasteiger partial charge in [0, 0.05) is 30.1 Å². The van der Waals surface area contributed by atoms with Crippen molar-refractivity contribution in [1.82, 2.24) is 10.2 Å². The number of fused-ring (bicyclic) bond motifs is 1. The van der Waals surface area contributed by atoms with Gasteiger partial charge in [-0.2, -0.15) is 0 Å². The third-order valence-electron chi connectivity index (χ3n) is 5.65. The smallest absolute Gasteiger partial charge is 0.253 e. The molecule has 7 heteroatoms. The summed E-state index contributed by atoms with van der Waals surface area (Å²) in [6.07, 6.45) is 3.79. The number of aryl methyl sites for hydroxylation is 1. The van der Waals surface area contributed by atoms with Gasteiger partial charge in [0.25, 0.3) is 5.91 Å². The van der Waals surface area contributed by atoms with Gasteiger partial charge >= 0.3 is 0 Å². The summed E-state index contributed by atoms with van der Waals surface area (Å²) in [5.41, 5.74) is 2.47. The van der Waals surface area contributed by atoms with Gasteiger partial charge in [0.15, 0.2) is 0 Å². The molecule has 0 unspecified atom stereocenters. The predicted octanol–water partition coefficient (Wildman–Crippen LogP) is 3.11. The summed E-state index contributed by atoms with van der Waals surface area (Å²) in [6, 6.07) is 15.6. The zero-order valence-electron chi connectivity index (χ0n) is 17.5. The normalized spacial score (nSPS) is 15.7. The van der Waals surface area contributed by atoms with Crippen molar-refractivity contribution in [3.05, 3.63) is 59.7 Å². The Bertz CT molecular complexity index is 958. The molecule has 6 nitrogen and oxygen atoms in total. The van der Waals surface area contributed by atoms with Gasteiger partial charge in [-0.3, -0.25) is 14.4 Å². The molecule has 1 N–H and O–H groups in total. The van der Waals surface area contributed by atoms with Crippen LogP contribution in [-0.2, 0) is 16.0 Å². The van der Waals surface area contributed by atoms with E-state index < -0.39 is 0 Å². The van der Waals surface area contributed by atoms with Crippen LogP contribution in [0.2, 0.25) is 0 Å². The van der Waals surface area contributed by atoms with Crippen LogP contribution in [0.3, 0.4) is 0 Å². The van der Waals surface area contributed by atoms with Crippen molar-refractivity contribution in [3.63, 3.8) is 0 Å². The first-order valence-electron chi connectivity index (χ1n) is 10.8. The van der Waals surface area contributed by atoms with Gasteiger partial charge in [-0.1, -0.05) is 30.3 Å². The minimum atomic E-state index is -0.185. The minimum Gasteiger partial charge on any atom is -0.355 e. The summed E-state index contributed by atoms with van der Waals surface area (Å²) >= 11 is 1.45. The van der Waals surface area contributed by atoms with E-state index in [0.29, 0.717) is 23.5 Å². The lowest BCUT2D eigenvalue weighted by Crippen LogP contribution is -2.43. The molecule has 2 aromatic carbocycles. The Labute approximate surface area is 187 Å². The number of benzene rings is 2. The summed E-state index contributed by atoms with van der Waals surface area (Å²) in [6.45, 7) is 2.08. The molecule has 1 fully saturated rings. The van der Waals surface area contributed by atoms with Crippen LogP contribution in [0.15, 0.2) is 53.4 Å². The Morgan fingerprint density at radius 2 is 1.81 bits per heavy atom. The molecule has 2 aromatic rings. The van der Waals surface area contributed by atoms with E-state index in [2.05, 4.69) is 17.4 Å². The molecule has 4 rings (SSSR count). The van der Waals surface area contributed by atoms with Crippen LogP contribution in [0.1, 0.15) is 35.2 Å². The fourth-order valence-electron chi connectivity index (χ4n) is 3.98. The highest BCUT2D eigenvalue weighted by molar-refractivity contribution is 8.00. The topological polar surface area (TPSA) is 69.7 Å². The van der Waals surface area contributed by atoms with E-state index in [9.17, 15) is 14.4 Å². The molecule has 0 radical (unpaired) electrons. The quantitative estimate of drug-likeness (QED) is 0.676. The Balaban J connectivity index is 1.38. The molecule has 0 atom stereocenters. The second-order valence-corrected chi connectivity index (χ2v) is 8.91. The lowest BCUT2D eigenvalue weighted by atomic mass is 10.1. The summed E-state index contributed by atoms with van der Waals surface area (Å²) < 4.78 is 0. The van der Waals surface area contributed by atoms with Gasteiger partial charge in [0.2, 0.25) is 11.8 Å². The van der Waals surface area contributed by atoms with E-state index in [1.807, 2.05) is 35.2 Å². The fourth-order valence-corrected chi connectivity index (χ4v) is 4.89. The lowest BCUT2D eigenvalue weighted by molar-refractivity contribution is -0.122. The van der Waals surface area contributed by atoms with Gasteiger partial charge in [-0.05, 0) is 49.4 Å². The standard InChI is InChI=1S/C24H27N3O3S/c28-22(25-12-6-9-18-7-2-1-3-8-18)16-27-20-15-19(24(30)26-13-4-5-14-26)10-11-21(20)31-17-23(27)29/h1-3,7-8,10-11,15H,4-6,9,12-14,16-17H2,(H,25,28). The van der Waals surface area contributed by atoms with Crippen LogP contribution < -0.4 is 10.2 Å². The Morgan fingerprint density at radius 1 is 1.03 bits per heavy atom. The monoisotopic (exact) mass is 437 g/mol. The third kappa shape index (κ3) is 5.28. The maximum atomic E-state index is 12.8. The zero-order valence-corrected chi connectivity index (χ0v) is 18.3. The number of nitrogens with one attached hydrogen (secondary N) is 1. The van der Waals surface area contributed by atoms with Gasteiger partial charge < -0.3 is 15.1 Å². The SMILES string of the molecule is O=C(CN1C(=O)CSc2ccc(C(=O)N3CCCC3)cc21)NCCCc1ccccc1. The maximum Gasteiger partial charge on any atom is 0.253 e. The third-order valence-corrected chi connectivity index (χ3v) is 6.70. The molecule has 0 spiro atoms. The van der Waals surface area contributed by atoms with Gasteiger partial charge in [0.1, 0.15) is 6.54 Å². The van der Waals surface area contributed by atoms with Crippen LogP contribution >= 0.6 is 11.8 Å². The summed E-state index contributed by atoms with van der Waals surface area (Å²) in [7, 11) is 0. The molecule has 1 saturated heterocycles. The first-order valence-corrected chi connectivity index (χ1v) is 11.8. The Morgan fingerprint density at radius 3 is 2.58 bits per heavy atom. The number of anilines is 1. The highest BCUT2D eigenvalue weighted by atomic mass is 32.2. The molecule has 162 valence electrons. The van der Waals surface area contributed by atoms with Crippen molar-refractivity contribution in [1.29, 1.82) is 0 Å². The van der Waals surface area contributed by atoms with Crippen LogP contribution in [0.25, 0.3) is 0 Å². The van der Waals surface area contributed by atoms with Crippen molar-refractivity contribution < 1.29 is 14.4 Å². The van der Waals surface area contributed by atoms with E-state index in [1.54, 1.807) is 6.07 Å². The van der Waals surface area contributed by atoms with Crippen molar-refractivity contribution in [2.45, 2.75) is 30.6 Å². The van der Waals surface area contributed by atoms with Crippen molar-refractivity contribution in [3.8, 4) is 0 Å². The average molecular weight is 438 g/mol. The van der Waals surface area contributed by atoms with Crippen molar-refractivity contribution in [2.24, 2.45) is 0 Å². The molecular weight excluding hydrogens is 410 g/mol. The molecular formula is C24H27N3O3S. The molecule has 0 bridgehead atoms. The minimum absolute atomic E-state index is 0.00589. The number of thioether (sulfide) groups is 1. The summed E-state index contributed by atoms with van der Waals surface area (Å²) in [4.78, 5) is 42.2. The Kier molecular flexibility index (Phi) is 6.92. The van der Waals surface area contributed by atoms with Crippen LogP contribution in [0.4, 0.5) is 5.69 Å². The van der Waals surface area contributed by atoms with E-state index in [1.165, 1.54) is 22.2 Å². The lowest BCUT2D eigenvalue weighted by Gasteiger charge is -2.29. The van der Waals surface area contributed by atoms with E-state index in [0.717, 1.165) is 43.7 Å². The molecule has 2 aliphatic rings. The van der Waals surface area contributed by atoms with E-state index >= 15 is 0 Å². The highest BCUT2D eigenvalue weighted by Crippen LogP contribution is 2.36. The second kappa shape index (κ2) is 10.0. The van der Waals surface area contributed by atoms with Crippen LogP contribution in [-0.4, -0.2) is 54.6 Å². The second-order valence-electron chi connectivity index (χ2n) is 7.89. The Hall–Kier alpha value is -2.80. The number of nitrogens with zero attached hydrogens (tertiary/aromatic N) is 2. The number of hydrogen-bond donors (Lipinski definition) is 1. The summed E-state index contributed by atoms with van der Waals surface area (Å²) in [5.74, 6) is 0.000123. The molecule has 3 amide bonds.